The van der Waals surface area contributed by atoms with Crippen LogP contribution in [0.5, 0.6) is 0 Å². The molecule has 1 aliphatic heterocycles. The van der Waals surface area contributed by atoms with Crippen molar-refractivity contribution in [3.63, 3.8) is 0 Å². The van der Waals surface area contributed by atoms with Gasteiger partial charge in [0, 0.05) is 26.1 Å². The molecular weight excluding hydrogens is 180 g/mol. The molecule has 1 amide bonds. The Hall–Kier alpha value is -0.770. The number of rotatable bonds is 2. The van der Waals surface area contributed by atoms with Gasteiger partial charge in [0.05, 0.1) is 0 Å². The lowest BCUT2D eigenvalue weighted by atomic mass is 9.78. The third-order valence-corrected chi connectivity index (χ3v) is 2.53. The SMILES string of the molecule is CNC(=O)OC(C1CNC1)C(C)(C)C. The minimum atomic E-state index is -0.336. The maximum Gasteiger partial charge on any atom is 0.407 e. The highest BCUT2D eigenvalue weighted by Gasteiger charge is 2.38. The summed E-state index contributed by atoms with van der Waals surface area (Å²) in [5.74, 6) is 0.451. The number of ether oxygens (including phenoxy) is 1. The van der Waals surface area contributed by atoms with E-state index in [9.17, 15) is 4.79 Å². The fourth-order valence-corrected chi connectivity index (χ4v) is 1.68. The molecule has 0 radical (unpaired) electrons. The Morgan fingerprint density at radius 3 is 2.36 bits per heavy atom. The van der Waals surface area contributed by atoms with Gasteiger partial charge in [-0.2, -0.15) is 0 Å². The second-order valence-corrected chi connectivity index (χ2v) is 4.86. The maximum absolute atomic E-state index is 11.2. The van der Waals surface area contributed by atoms with Gasteiger partial charge in [-0.15, -0.1) is 0 Å². The third kappa shape index (κ3) is 2.61. The van der Waals surface area contributed by atoms with Gasteiger partial charge < -0.3 is 15.4 Å². The summed E-state index contributed by atoms with van der Waals surface area (Å²) in [5, 5.41) is 5.68. The average Bonchev–Trinajstić information content (AvgIpc) is 1.98. The largest absolute Gasteiger partial charge is 0.445 e. The predicted octanol–water partition coefficient (Wildman–Crippen LogP) is 0.976. The molecule has 0 spiro atoms. The first kappa shape index (κ1) is 11.3. The minimum absolute atomic E-state index is 0.000718. The Morgan fingerprint density at radius 1 is 1.50 bits per heavy atom. The van der Waals surface area contributed by atoms with Crippen molar-refractivity contribution >= 4 is 6.09 Å². The number of hydrogen-bond donors (Lipinski definition) is 2. The van der Waals surface area contributed by atoms with Gasteiger partial charge in [0.15, 0.2) is 0 Å². The first-order chi connectivity index (χ1) is 6.45. The summed E-state index contributed by atoms with van der Waals surface area (Å²) in [5.41, 5.74) is -0.000718. The number of carbonyl (C=O) groups excluding carboxylic acids is 1. The second kappa shape index (κ2) is 4.17. The van der Waals surface area contributed by atoms with E-state index in [4.69, 9.17) is 4.74 Å². The second-order valence-electron chi connectivity index (χ2n) is 4.86. The lowest BCUT2D eigenvalue weighted by Gasteiger charge is -2.41. The lowest BCUT2D eigenvalue weighted by molar-refractivity contribution is -0.0225. The summed E-state index contributed by atoms with van der Waals surface area (Å²) < 4.78 is 5.38. The smallest absolute Gasteiger partial charge is 0.407 e. The molecule has 1 unspecified atom stereocenters. The van der Waals surface area contributed by atoms with Gasteiger partial charge in [-0.3, -0.25) is 0 Å². The summed E-state index contributed by atoms with van der Waals surface area (Å²) in [6, 6.07) is 0. The van der Waals surface area contributed by atoms with E-state index in [1.807, 2.05) is 0 Å². The molecule has 4 heteroatoms. The molecule has 2 N–H and O–H groups in total. The number of amides is 1. The van der Waals surface area contributed by atoms with Crippen LogP contribution in [0.25, 0.3) is 0 Å². The van der Waals surface area contributed by atoms with E-state index in [0.717, 1.165) is 13.1 Å². The van der Waals surface area contributed by atoms with Gasteiger partial charge in [-0.25, -0.2) is 4.79 Å². The van der Waals surface area contributed by atoms with Crippen molar-refractivity contribution in [3.8, 4) is 0 Å². The van der Waals surface area contributed by atoms with Gasteiger partial charge in [0.1, 0.15) is 6.10 Å². The van der Waals surface area contributed by atoms with Crippen molar-refractivity contribution in [2.45, 2.75) is 26.9 Å². The predicted molar refractivity (Wildman–Crippen MR) is 55.1 cm³/mol. The molecule has 0 aromatic carbocycles. The third-order valence-electron chi connectivity index (χ3n) is 2.53. The van der Waals surface area contributed by atoms with Crippen molar-refractivity contribution in [1.82, 2.24) is 10.6 Å². The highest BCUT2D eigenvalue weighted by atomic mass is 16.6. The monoisotopic (exact) mass is 200 g/mol. The summed E-state index contributed by atoms with van der Waals surface area (Å²) in [4.78, 5) is 11.2. The molecule has 1 atom stereocenters. The molecule has 1 saturated heterocycles. The fourth-order valence-electron chi connectivity index (χ4n) is 1.68. The Morgan fingerprint density at radius 2 is 2.07 bits per heavy atom. The Kier molecular flexibility index (Phi) is 3.37. The summed E-state index contributed by atoms with van der Waals surface area (Å²) in [6.07, 6.45) is -0.347. The summed E-state index contributed by atoms with van der Waals surface area (Å²) in [6.45, 7) is 8.18. The molecule has 0 aliphatic carbocycles. The van der Waals surface area contributed by atoms with Crippen LogP contribution in [0.2, 0.25) is 0 Å². The van der Waals surface area contributed by atoms with Crippen molar-refractivity contribution in [1.29, 1.82) is 0 Å². The fraction of sp³-hybridized carbons (Fsp3) is 0.900. The van der Waals surface area contributed by atoms with Gasteiger partial charge in [0.25, 0.3) is 0 Å². The van der Waals surface area contributed by atoms with Crippen LogP contribution in [0, 0.1) is 11.3 Å². The molecule has 1 fully saturated rings. The molecule has 0 bridgehead atoms. The van der Waals surface area contributed by atoms with Crippen molar-refractivity contribution in [3.05, 3.63) is 0 Å². The molecule has 0 aromatic heterocycles. The van der Waals surface area contributed by atoms with Crippen LogP contribution in [-0.4, -0.2) is 32.3 Å². The van der Waals surface area contributed by atoms with E-state index in [0.29, 0.717) is 5.92 Å². The number of nitrogens with one attached hydrogen (secondary N) is 2. The van der Waals surface area contributed by atoms with Gasteiger partial charge in [-0.05, 0) is 5.41 Å². The highest BCUT2D eigenvalue weighted by molar-refractivity contribution is 5.67. The average molecular weight is 200 g/mol. The quantitative estimate of drug-likeness (QED) is 0.698. The number of alkyl carbamates (subject to hydrolysis) is 1. The number of carbonyl (C=O) groups is 1. The first-order valence-electron chi connectivity index (χ1n) is 5.04. The van der Waals surface area contributed by atoms with E-state index in [1.165, 1.54) is 0 Å². The zero-order valence-electron chi connectivity index (χ0n) is 9.39. The van der Waals surface area contributed by atoms with Gasteiger partial charge >= 0.3 is 6.09 Å². The van der Waals surface area contributed by atoms with Crippen LogP contribution >= 0.6 is 0 Å². The Balaban J connectivity index is 2.57. The topological polar surface area (TPSA) is 50.4 Å². The molecule has 0 saturated carbocycles. The summed E-state index contributed by atoms with van der Waals surface area (Å²) in [7, 11) is 1.58. The van der Waals surface area contributed by atoms with Crippen molar-refractivity contribution in [2.75, 3.05) is 20.1 Å². The molecule has 82 valence electrons. The highest BCUT2D eigenvalue weighted by Crippen LogP contribution is 2.30. The molecule has 1 rings (SSSR count). The Labute approximate surface area is 85.4 Å². The van der Waals surface area contributed by atoms with Gasteiger partial charge in [0.2, 0.25) is 0 Å². The molecule has 1 heterocycles. The number of hydrogen-bond acceptors (Lipinski definition) is 3. The summed E-state index contributed by atoms with van der Waals surface area (Å²) >= 11 is 0. The molecule has 1 aliphatic rings. The molecule has 4 nitrogen and oxygen atoms in total. The van der Waals surface area contributed by atoms with E-state index in [-0.39, 0.29) is 17.6 Å². The van der Waals surface area contributed by atoms with E-state index in [2.05, 4.69) is 31.4 Å². The first-order valence-corrected chi connectivity index (χ1v) is 5.04. The van der Waals surface area contributed by atoms with Crippen LogP contribution < -0.4 is 10.6 Å². The van der Waals surface area contributed by atoms with Crippen LogP contribution in [0.4, 0.5) is 4.79 Å². The molecular formula is C10H20N2O2. The van der Waals surface area contributed by atoms with E-state index >= 15 is 0 Å². The van der Waals surface area contributed by atoms with Crippen LogP contribution in [0.3, 0.4) is 0 Å². The minimum Gasteiger partial charge on any atom is -0.445 e. The lowest BCUT2D eigenvalue weighted by Crippen LogP contribution is -2.54. The molecule has 0 aromatic rings. The standard InChI is InChI=1S/C10H20N2O2/c1-10(2,3)8(7-5-12-6-7)14-9(13)11-4/h7-8,12H,5-6H2,1-4H3,(H,11,13). The van der Waals surface area contributed by atoms with Crippen molar-refractivity contribution < 1.29 is 9.53 Å². The van der Waals surface area contributed by atoms with E-state index in [1.54, 1.807) is 7.05 Å². The van der Waals surface area contributed by atoms with Crippen LogP contribution in [0.15, 0.2) is 0 Å². The maximum atomic E-state index is 11.2. The van der Waals surface area contributed by atoms with Gasteiger partial charge in [-0.1, -0.05) is 20.8 Å². The van der Waals surface area contributed by atoms with Crippen molar-refractivity contribution in [2.24, 2.45) is 11.3 Å². The molecule has 14 heavy (non-hydrogen) atoms. The normalized spacial score (nSPS) is 19.7. The Bertz CT molecular complexity index is 207. The zero-order chi connectivity index (χ0) is 10.8. The zero-order valence-corrected chi connectivity index (χ0v) is 9.39. The van der Waals surface area contributed by atoms with Crippen LogP contribution in [0.1, 0.15) is 20.8 Å². The van der Waals surface area contributed by atoms with Crippen LogP contribution in [-0.2, 0) is 4.74 Å². The van der Waals surface area contributed by atoms with E-state index < -0.39 is 0 Å².